The lowest BCUT2D eigenvalue weighted by Crippen LogP contribution is -2.43. The standard InChI is InChI=1S/C28H35N5O5S/c1-5-25-30-24(17-39-25)27(35)33(20-13-21(37-3)15-22(14-20)38-4)19-11-12-32(16-19)26(34)10-8-6-7-9-23-18(2)29-28(36)31-23/h1,13-15,17-19,23H,6-12,16H2,2-4H3,(H2,29,31,36)/t18-,19?,23+/m0/s1. The van der Waals surface area contributed by atoms with Crippen LogP contribution < -0.4 is 25.0 Å². The first kappa shape index (κ1) is 28.2. The van der Waals surface area contributed by atoms with Crippen LogP contribution in [0, 0.1) is 12.3 Å². The summed E-state index contributed by atoms with van der Waals surface area (Å²) in [5, 5.41) is 7.88. The maximum Gasteiger partial charge on any atom is 0.315 e. The summed E-state index contributed by atoms with van der Waals surface area (Å²) in [7, 11) is 3.11. The molecule has 4 amide bonds. The number of methoxy groups -OCH3 is 2. The van der Waals surface area contributed by atoms with Gasteiger partial charge in [-0.1, -0.05) is 12.8 Å². The minimum atomic E-state index is -0.287. The van der Waals surface area contributed by atoms with Crippen molar-refractivity contribution in [1.82, 2.24) is 20.5 Å². The fraction of sp³-hybridized carbons (Fsp3) is 0.500. The first-order valence-corrected chi connectivity index (χ1v) is 14.0. The van der Waals surface area contributed by atoms with Gasteiger partial charge in [0, 0.05) is 49.1 Å². The molecule has 0 radical (unpaired) electrons. The Bertz CT molecular complexity index is 1220. The van der Waals surface area contributed by atoms with E-state index in [9.17, 15) is 14.4 Å². The van der Waals surface area contributed by atoms with Crippen molar-refractivity contribution < 1.29 is 23.9 Å². The molecule has 208 valence electrons. The number of ether oxygens (including phenoxy) is 2. The molecule has 0 spiro atoms. The highest BCUT2D eigenvalue weighted by atomic mass is 32.1. The number of hydrogen-bond donors (Lipinski definition) is 2. The molecule has 4 rings (SSSR count). The Morgan fingerprint density at radius 2 is 1.92 bits per heavy atom. The second-order valence-electron chi connectivity index (χ2n) is 9.82. The van der Waals surface area contributed by atoms with E-state index < -0.39 is 0 Å². The van der Waals surface area contributed by atoms with Crippen LogP contribution in [0.5, 0.6) is 11.5 Å². The van der Waals surface area contributed by atoms with Crippen LogP contribution in [-0.4, -0.2) is 73.2 Å². The fourth-order valence-electron chi connectivity index (χ4n) is 5.11. The number of terminal acetylenes is 1. The zero-order chi connectivity index (χ0) is 27.9. The molecule has 2 aliphatic heterocycles. The number of nitrogens with zero attached hydrogens (tertiary/aromatic N) is 3. The maximum atomic E-state index is 13.7. The summed E-state index contributed by atoms with van der Waals surface area (Å²) in [4.78, 5) is 46.0. The first-order chi connectivity index (χ1) is 18.8. The molecule has 1 unspecified atom stereocenters. The molecule has 2 saturated heterocycles. The molecular formula is C28H35N5O5S. The van der Waals surface area contributed by atoms with Gasteiger partial charge in [0.1, 0.15) is 17.2 Å². The molecule has 0 bridgehead atoms. The van der Waals surface area contributed by atoms with Crippen molar-refractivity contribution in [3.8, 4) is 23.8 Å². The zero-order valence-electron chi connectivity index (χ0n) is 22.6. The molecule has 1 aromatic heterocycles. The summed E-state index contributed by atoms with van der Waals surface area (Å²) < 4.78 is 10.9. The van der Waals surface area contributed by atoms with Crippen molar-refractivity contribution in [2.45, 2.75) is 63.6 Å². The van der Waals surface area contributed by atoms with Crippen LogP contribution in [0.15, 0.2) is 23.6 Å². The molecule has 0 aliphatic carbocycles. The van der Waals surface area contributed by atoms with Crippen molar-refractivity contribution in [3.05, 3.63) is 34.3 Å². The average molecular weight is 554 g/mol. The van der Waals surface area contributed by atoms with Crippen molar-refractivity contribution in [2.75, 3.05) is 32.2 Å². The van der Waals surface area contributed by atoms with Crippen LogP contribution >= 0.6 is 11.3 Å². The second-order valence-corrected chi connectivity index (χ2v) is 10.7. The number of anilines is 1. The van der Waals surface area contributed by atoms with E-state index in [1.807, 2.05) is 11.8 Å². The number of aromatic nitrogens is 1. The number of amides is 4. The summed E-state index contributed by atoms with van der Waals surface area (Å²) in [6.07, 6.45) is 10.1. The highest BCUT2D eigenvalue weighted by Gasteiger charge is 2.35. The molecule has 0 saturated carbocycles. The van der Waals surface area contributed by atoms with Gasteiger partial charge in [0.25, 0.3) is 5.91 Å². The number of rotatable bonds is 11. The largest absolute Gasteiger partial charge is 0.497 e. The van der Waals surface area contributed by atoms with Gasteiger partial charge in [-0.15, -0.1) is 17.8 Å². The Morgan fingerprint density at radius 1 is 1.18 bits per heavy atom. The van der Waals surface area contributed by atoms with E-state index in [0.29, 0.717) is 48.1 Å². The van der Waals surface area contributed by atoms with Crippen LogP contribution in [0.3, 0.4) is 0 Å². The number of unbranched alkanes of at least 4 members (excludes halogenated alkanes) is 2. The number of hydrogen-bond acceptors (Lipinski definition) is 7. The van der Waals surface area contributed by atoms with Crippen molar-refractivity contribution in [1.29, 1.82) is 0 Å². The van der Waals surface area contributed by atoms with Crippen LogP contribution in [0.25, 0.3) is 0 Å². The highest BCUT2D eigenvalue weighted by molar-refractivity contribution is 7.10. The first-order valence-electron chi connectivity index (χ1n) is 13.2. The Morgan fingerprint density at radius 3 is 2.54 bits per heavy atom. The highest BCUT2D eigenvalue weighted by Crippen LogP contribution is 2.33. The summed E-state index contributed by atoms with van der Waals surface area (Å²) in [6, 6.07) is 5.21. The third kappa shape index (κ3) is 6.81. The minimum absolute atomic E-state index is 0.0839. The Kier molecular flexibility index (Phi) is 9.30. The minimum Gasteiger partial charge on any atom is -0.497 e. The smallest absolute Gasteiger partial charge is 0.315 e. The number of urea groups is 1. The molecule has 2 N–H and O–H groups in total. The van der Waals surface area contributed by atoms with E-state index in [1.165, 1.54) is 11.3 Å². The molecular weight excluding hydrogens is 518 g/mol. The molecule has 2 fully saturated rings. The van der Waals surface area contributed by atoms with E-state index >= 15 is 0 Å². The molecule has 1 aromatic carbocycles. The maximum absolute atomic E-state index is 13.7. The molecule has 10 nitrogen and oxygen atoms in total. The predicted octanol–water partition coefficient (Wildman–Crippen LogP) is 3.41. The summed E-state index contributed by atoms with van der Waals surface area (Å²) in [5.41, 5.74) is 0.871. The van der Waals surface area contributed by atoms with E-state index in [4.69, 9.17) is 15.9 Å². The Labute approximate surface area is 233 Å². The third-order valence-corrected chi connectivity index (χ3v) is 8.02. The summed E-state index contributed by atoms with van der Waals surface area (Å²) in [5.74, 6) is 3.38. The third-order valence-electron chi connectivity index (χ3n) is 7.25. The van der Waals surface area contributed by atoms with Crippen LogP contribution in [-0.2, 0) is 4.79 Å². The Hall–Kier alpha value is -3.78. The lowest BCUT2D eigenvalue weighted by molar-refractivity contribution is -0.130. The topological polar surface area (TPSA) is 113 Å². The molecule has 11 heteroatoms. The summed E-state index contributed by atoms with van der Waals surface area (Å²) >= 11 is 1.24. The Balaban J connectivity index is 1.40. The molecule has 3 atom stereocenters. The van der Waals surface area contributed by atoms with Crippen molar-refractivity contribution in [2.24, 2.45) is 0 Å². The van der Waals surface area contributed by atoms with Gasteiger partial charge in [-0.05, 0) is 32.1 Å². The zero-order valence-corrected chi connectivity index (χ0v) is 23.4. The van der Waals surface area contributed by atoms with Crippen molar-refractivity contribution in [3.63, 3.8) is 0 Å². The molecule has 3 heterocycles. The van der Waals surface area contributed by atoms with Crippen molar-refractivity contribution >= 4 is 34.9 Å². The number of benzene rings is 1. The lowest BCUT2D eigenvalue weighted by Gasteiger charge is -2.29. The monoisotopic (exact) mass is 553 g/mol. The van der Waals surface area contributed by atoms with Gasteiger partial charge in [0.05, 0.1) is 32.0 Å². The summed E-state index contributed by atoms with van der Waals surface area (Å²) in [6.45, 7) is 2.99. The SMILES string of the molecule is C#Cc1nc(C(=O)N(c2cc(OC)cc(OC)c2)C2CCN(C(=O)CCCCC[C@H]3NC(=O)N[C@H]3C)C2)cs1. The lowest BCUT2D eigenvalue weighted by atomic mass is 10.0. The normalized spacial score (nSPS) is 20.2. The van der Waals surface area contributed by atoms with E-state index in [-0.39, 0.29) is 41.7 Å². The number of carbonyl (C=O) groups excluding carboxylic acids is 3. The van der Waals surface area contributed by atoms with E-state index in [1.54, 1.807) is 42.7 Å². The van der Waals surface area contributed by atoms with E-state index in [2.05, 4.69) is 21.5 Å². The van der Waals surface area contributed by atoms with Gasteiger partial charge in [-0.3, -0.25) is 9.59 Å². The fourth-order valence-corrected chi connectivity index (χ4v) is 5.70. The number of carbonyl (C=O) groups is 3. The van der Waals surface area contributed by atoms with Crippen LogP contribution in [0.1, 0.15) is 60.9 Å². The van der Waals surface area contributed by atoms with E-state index in [0.717, 1.165) is 25.7 Å². The molecule has 2 aliphatic rings. The molecule has 39 heavy (non-hydrogen) atoms. The average Bonchev–Trinajstić information content (AvgIpc) is 3.68. The van der Waals surface area contributed by atoms with Gasteiger partial charge in [-0.2, -0.15) is 0 Å². The number of thiazole rings is 1. The van der Waals surface area contributed by atoms with Crippen LogP contribution in [0.2, 0.25) is 0 Å². The van der Waals surface area contributed by atoms with Gasteiger partial charge < -0.3 is 29.9 Å². The molecule has 2 aromatic rings. The van der Waals surface area contributed by atoms with Gasteiger partial charge in [-0.25, -0.2) is 9.78 Å². The van der Waals surface area contributed by atoms with Gasteiger partial charge in [0.2, 0.25) is 5.91 Å². The quantitative estimate of drug-likeness (QED) is 0.326. The van der Waals surface area contributed by atoms with Gasteiger partial charge in [0.15, 0.2) is 5.01 Å². The number of likely N-dealkylation sites (tertiary alicyclic amines) is 1. The van der Waals surface area contributed by atoms with Crippen LogP contribution in [0.4, 0.5) is 10.5 Å². The predicted molar refractivity (Wildman–Crippen MR) is 149 cm³/mol. The number of nitrogens with one attached hydrogen (secondary N) is 2. The van der Waals surface area contributed by atoms with Gasteiger partial charge >= 0.3 is 6.03 Å². The second kappa shape index (κ2) is 12.8.